The van der Waals surface area contributed by atoms with E-state index in [2.05, 4.69) is 39.5 Å². The third-order valence-electron chi connectivity index (χ3n) is 8.25. The minimum atomic E-state index is -0.258. The summed E-state index contributed by atoms with van der Waals surface area (Å²) in [6.45, 7) is 3.95. The molecule has 0 fully saturated rings. The first kappa shape index (κ1) is 30.3. The smallest absolute Gasteiger partial charge is 0.355 e. The fourth-order valence-corrected chi connectivity index (χ4v) is 5.94. The first-order valence-corrected chi connectivity index (χ1v) is 15.2. The summed E-state index contributed by atoms with van der Waals surface area (Å²) in [6.07, 6.45) is 2.26. The highest BCUT2D eigenvalue weighted by Gasteiger charge is 2.33. The van der Waals surface area contributed by atoms with E-state index in [1.165, 1.54) is 4.57 Å². The second kappa shape index (κ2) is 12.0. The Labute approximate surface area is 269 Å². The van der Waals surface area contributed by atoms with Crippen molar-refractivity contribution in [2.24, 2.45) is 7.05 Å². The summed E-state index contributed by atoms with van der Waals surface area (Å²) in [5.41, 5.74) is 4.99. The minimum absolute atomic E-state index is 0.115. The summed E-state index contributed by atoms with van der Waals surface area (Å²) >= 11 is 12.3. The number of hydrogen-bond acceptors (Lipinski definition) is 5. The van der Waals surface area contributed by atoms with Crippen LogP contribution in [0.2, 0.25) is 10.0 Å². The Hall–Kier alpha value is -4.73. The number of carbonyl (C=O) groups excluding carboxylic acids is 2. The van der Waals surface area contributed by atoms with Gasteiger partial charge in [0.2, 0.25) is 5.95 Å². The fraction of sp³-hybridized carbons (Fsp3) is 0.206. The van der Waals surface area contributed by atoms with Crippen molar-refractivity contribution in [2.75, 3.05) is 12.4 Å². The summed E-state index contributed by atoms with van der Waals surface area (Å²) in [5, 5.41) is 7.86. The van der Waals surface area contributed by atoms with Crippen molar-refractivity contribution in [3.8, 4) is 5.69 Å². The number of nitrogens with one attached hydrogen (secondary N) is 2. The van der Waals surface area contributed by atoms with Crippen molar-refractivity contribution < 1.29 is 14.2 Å². The Kier molecular flexibility index (Phi) is 8.07. The Morgan fingerprint density at radius 3 is 2.42 bits per heavy atom. The molecular formula is C34H31Cl2N6O3+. The highest BCUT2D eigenvalue weighted by molar-refractivity contribution is 6.42. The summed E-state index contributed by atoms with van der Waals surface area (Å²) < 4.78 is 5.21. The normalized spacial score (nSPS) is 13.5. The third-order valence-corrected chi connectivity index (χ3v) is 8.99. The number of anilines is 1. The molecule has 1 aliphatic rings. The number of halogens is 2. The van der Waals surface area contributed by atoms with E-state index in [1.807, 2.05) is 27.1 Å². The van der Waals surface area contributed by atoms with Crippen LogP contribution < -0.4 is 16.2 Å². The molecule has 0 saturated carbocycles. The van der Waals surface area contributed by atoms with E-state index >= 15 is 0 Å². The Morgan fingerprint density at radius 1 is 0.978 bits per heavy atom. The van der Waals surface area contributed by atoms with E-state index < -0.39 is 0 Å². The van der Waals surface area contributed by atoms with Gasteiger partial charge in [0.15, 0.2) is 12.3 Å². The average Bonchev–Trinajstić information content (AvgIpc) is 3.41. The zero-order valence-electron chi connectivity index (χ0n) is 25.2. The van der Waals surface area contributed by atoms with Gasteiger partial charge in [-0.3, -0.25) is 9.59 Å². The molecule has 3 aromatic carbocycles. The van der Waals surface area contributed by atoms with E-state index in [4.69, 9.17) is 28.2 Å². The van der Waals surface area contributed by atoms with E-state index in [0.717, 1.165) is 16.5 Å². The molecule has 2 amide bonds. The molecule has 11 heteroatoms. The lowest BCUT2D eigenvalue weighted by molar-refractivity contribution is -0.450. The quantitative estimate of drug-likeness (QED) is 0.224. The molecule has 2 N–H and O–H groups in total. The Balaban J connectivity index is 1.43. The molecule has 3 heterocycles. The highest BCUT2D eigenvalue weighted by Crippen LogP contribution is 2.27. The number of amides is 2. The first-order chi connectivity index (χ1) is 21.5. The number of aromatic nitrogens is 3. The molecule has 45 heavy (non-hydrogen) atoms. The second-order valence-electron chi connectivity index (χ2n) is 11.2. The lowest BCUT2D eigenvalue weighted by atomic mass is 10.0. The van der Waals surface area contributed by atoms with E-state index in [9.17, 15) is 14.4 Å². The van der Waals surface area contributed by atoms with E-state index in [1.54, 1.807) is 54.1 Å². The van der Waals surface area contributed by atoms with Crippen molar-refractivity contribution >= 4 is 57.6 Å². The van der Waals surface area contributed by atoms with Crippen LogP contribution in [0.4, 0.5) is 5.95 Å². The van der Waals surface area contributed by atoms with Gasteiger partial charge in [-0.2, -0.15) is 4.58 Å². The van der Waals surface area contributed by atoms with Crippen molar-refractivity contribution in [1.29, 1.82) is 0 Å². The molecule has 9 nitrogen and oxygen atoms in total. The van der Waals surface area contributed by atoms with Crippen molar-refractivity contribution in [3.63, 3.8) is 0 Å². The van der Waals surface area contributed by atoms with Gasteiger partial charge >= 0.3 is 5.91 Å². The minimum Gasteiger partial charge on any atom is -0.355 e. The van der Waals surface area contributed by atoms with Gasteiger partial charge in [-0.1, -0.05) is 35.3 Å². The SMILES string of the molecule is CNC(=O)c1ccc(-n2c(N[C@H](C)c3ccc4ccn(C)c4c3)nc3c(c2=O)CC(C)=[N+](C(=O)c2ccc(Cl)c(Cl)c2)C3)cc1. The van der Waals surface area contributed by atoms with E-state index in [0.29, 0.717) is 44.8 Å². The average molecular weight is 643 g/mol. The molecule has 1 aliphatic heterocycles. The number of rotatable bonds is 6. The standard InChI is InChI=1S/C34H30Cl2N6O3/c1-19-15-26-29(18-41(19)32(44)24-9-12-27(35)28(36)16-24)39-34(38-20(2)23-6-5-21-13-14-40(4)30(21)17-23)42(33(26)45)25-10-7-22(8-11-25)31(43)37-3/h5-14,16-17,20H,15,18H2,1-4H3,(H-,37,38,39,43,45)/p+1/t20-/m1/s1. The number of aryl methyl sites for hydroxylation is 1. The molecule has 6 rings (SSSR count). The number of fused-ring (bicyclic) bond motifs is 2. The molecule has 0 aliphatic carbocycles. The second-order valence-corrected chi connectivity index (χ2v) is 12.0. The molecule has 0 saturated heterocycles. The monoisotopic (exact) mass is 641 g/mol. The van der Waals surface area contributed by atoms with Crippen LogP contribution >= 0.6 is 23.2 Å². The van der Waals surface area contributed by atoms with Gasteiger partial charge in [-0.25, -0.2) is 14.3 Å². The number of nitrogens with zero attached hydrogens (tertiary/aromatic N) is 4. The van der Waals surface area contributed by atoms with Gasteiger partial charge in [-0.05, 0) is 72.5 Å². The molecule has 0 unspecified atom stereocenters. The number of hydrogen-bond donors (Lipinski definition) is 2. The molecule has 0 radical (unpaired) electrons. The molecule has 2 aromatic heterocycles. The van der Waals surface area contributed by atoms with Crippen molar-refractivity contribution in [2.45, 2.75) is 32.9 Å². The Morgan fingerprint density at radius 2 is 1.71 bits per heavy atom. The van der Waals surface area contributed by atoms with Gasteiger partial charge in [0.05, 0.1) is 39.3 Å². The first-order valence-electron chi connectivity index (χ1n) is 14.4. The predicted octanol–water partition coefficient (Wildman–Crippen LogP) is 5.93. The molecular weight excluding hydrogens is 611 g/mol. The molecule has 1 atom stereocenters. The molecule has 228 valence electrons. The number of benzene rings is 3. The van der Waals surface area contributed by atoms with E-state index in [-0.39, 0.29) is 41.4 Å². The van der Waals surface area contributed by atoms with Gasteiger partial charge in [0.1, 0.15) is 5.69 Å². The van der Waals surface area contributed by atoms with Crippen LogP contribution in [0.5, 0.6) is 0 Å². The van der Waals surface area contributed by atoms with Gasteiger partial charge in [0, 0.05) is 38.3 Å². The maximum Gasteiger partial charge on any atom is 0.419 e. The van der Waals surface area contributed by atoms with Crippen LogP contribution in [0.15, 0.2) is 77.7 Å². The zero-order valence-corrected chi connectivity index (χ0v) is 26.7. The molecule has 5 aromatic rings. The largest absolute Gasteiger partial charge is 0.419 e. The number of carbonyl (C=O) groups is 2. The van der Waals surface area contributed by atoms with Gasteiger partial charge < -0.3 is 15.2 Å². The lowest BCUT2D eigenvalue weighted by Gasteiger charge is -2.22. The predicted molar refractivity (Wildman–Crippen MR) is 177 cm³/mol. The van der Waals surface area contributed by atoms with Crippen LogP contribution in [0.25, 0.3) is 16.6 Å². The van der Waals surface area contributed by atoms with Crippen LogP contribution in [-0.4, -0.2) is 43.3 Å². The molecule has 0 bridgehead atoms. The highest BCUT2D eigenvalue weighted by atomic mass is 35.5. The van der Waals surface area contributed by atoms with Crippen LogP contribution in [0.1, 0.15) is 57.4 Å². The van der Waals surface area contributed by atoms with Gasteiger partial charge in [0.25, 0.3) is 11.5 Å². The summed E-state index contributed by atoms with van der Waals surface area (Å²) in [4.78, 5) is 45.0. The Bertz CT molecular complexity index is 2100. The third kappa shape index (κ3) is 5.65. The van der Waals surface area contributed by atoms with Crippen LogP contribution in [-0.2, 0) is 20.0 Å². The fourth-order valence-electron chi connectivity index (χ4n) is 5.64. The topological polar surface area (TPSA) is 101 Å². The van der Waals surface area contributed by atoms with Gasteiger partial charge in [-0.15, -0.1) is 0 Å². The summed E-state index contributed by atoms with van der Waals surface area (Å²) in [7, 11) is 3.57. The molecule has 0 spiro atoms. The van der Waals surface area contributed by atoms with Crippen molar-refractivity contribution in [3.05, 3.63) is 121 Å². The maximum atomic E-state index is 14.2. The maximum absolute atomic E-state index is 14.2. The zero-order chi connectivity index (χ0) is 32.0. The van der Waals surface area contributed by atoms with Crippen molar-refractivity contribution in [1.82, 2.24) is 19.4 Å². The van der Waals surface area contributed by atoms with Crippen LogP contribution in [0.3, 0.4) is 0 Å². The lowest BCUT2D eigenvalue weighted by Crippen LogP contribution is -2.38. The summed E-state index contributed by atoms with van der Waals surface area (Å²) in [5.74, 6) is -0.156. The van der Waals surface area contributed by atoms with Crippen LogP contribution in [0, 0.1) is 0 Å². The summed E-state index contributed by atoms with van der Waals surface area (Å²) in [6, 6.07) is 19.6.